The summed E-state index contributed by atoms with van der Waals surface area (Å²) in [6.45, 7) is 1.21. The highest BCUT2D eigenvalue weighted by Crippen LogP contribution is 2.36. The Morgan fingerprint density at radius 1 is 1.23 bits per heavy atom. The molecule has 1 heterocycles. The molecule has 0 saturated carbocycles. The summed E-state index contributed by atoms with van der Waals surface area (Å²) < 4.78 is 11.1. The second kappa shape index (κ2) is 9.07. The molecular weight excluding hydrogens is 499 g/mol. The molecule has 156 valence electrons. The quantitative estimate of drug-likeness (QED) is 0.547. The normalized spacial score (nSPS) is 14.8. The maximum absolute atomic E-state index is 13.0. The monoisotopic (exact) mass is 512 g/mol. The summed E-state index contributed by atoms with van der Waals surface area (Å²) in [5, 5.41) is 15.1. The minimum absolute atomic E-state index is 0.259. The summed E-state index contributed by atoms with van der Waals surface area (Å²) in [6.07, 6.45) is 1.66. The van der Waals surface area contributed by atoms with Gasteiger partial charge in [0.15, 0.2) is 18.1 Å². The number of carbonyl (C=O) groups is 2. The molecule has 1 N–H and O–H groups in total. The molecule has 0 spiro atoms. The number of carbonyl (C=O) groups excluding carboxylic acids is 1. The lowest BCUT2D eigenvalue weighted by atomic mass is 10.1. The van der Waals surface area contributed by atoms with Crippen LogP contribution in [0.15, 0.2) is 45.5 Å². The highest BCUT2D eigenvalue weighted by Gasteiger charge is 2.29. The summed E-state index contributed by atoms with van der Waals surface area (Å²) in [5.41, 5.74) is 2.01. The Kier molecular flexibility index (Phi) is 6.70. The molecule has 1 amide bonds. The van der Waals surface area contributed by atoms with Gasteiger partial charge in [-0.25, -0.2) is 4.79 Å². The number of carboxylic acid groups (broad SMARTS) is 1. The number of hydrogen-bond acceptors (Lipinski definition) is 5. The van der Waals surface area contributed by atoms with Gasteiger partial charge < -0.3 is 14.6 Å². The third kappa shape index (κ3) is 4.61. The van der Waals surface area contributed by atoms with Crippen LogP contribution in [0.4, 0.5) is 5.69 Å². The van der Waals surface area contributed by atoms with Crippen molar-refractivity contribution < 1.29 is 24.2 Å². The molecule has 3 rings (SSSR count). The molecule has 0 bridgehead atoms. The zero-order valence-corrected chi connectivity index (χ0v) is 18.9. The lowest BCUT2D eigenvalue weighted by Crippen LogP contribution is -2.21. The van der Waals surface area contributed by atoms with E-state index >= 15 is 0 Å². The van der Waals surface area contributed by atoms with Crippen molar-refractivity contribution in [1.82, 2.24) is 0 Å². The van der Waals surface area contributed by atoms with E-state index in [1.807, 2.05) is 0 Å². The van der Waals surface area contributed by atoms with Gasteiger partial charge in [0.2, 0.25) is 0 Å². The van der Waals surface area contributed by atoms with Crippen LogP contribution < -0.4 is 14.5 Å². The number of aliphatic carboxylic acids is 1. The molecule has 1 aliphatic heterocycles. The van der Waals surface area contributed by atoms with Gasteiger partial charge in [0.25, 0.3) is 5.91 Å². The van der Waals surface area contributed by atoms with Crippen molar-refractivity contribution >= 4 is 68.5 Å². The molecular formula is C20H15BrCl2N2O5. The first-order valence-electron chi connectivity index (χ1n) is 8.50. The van der Waals surface area contributed by atoms with Gasteiger partial charge in [-0.05, 0) is 48.9 Å². The second-order valence-electron chi connectivity index (χ2n) is 6.17. The van der Waals surface area contributed by atoms with Crippen LogP contribution in [0.5, 0.6) is 11.5 Å². The van der Waals surface area contributed by atoms with E-state index in [1.54, 1.807) is 43.3 Å². The summed E-state index contributed by atoms with van der Waals surface area (Å²) in [4.78, 5) is 23.7. The molecule has 0 radical (unpaired) electrons. The number of hydrazone groups is 1. The smallest absolute Gasteiger partial charge is 0.341 e. The lowest BCUT2D eigenvalue weighted by Gasteiger charge is -2.13. The fraction of sp³-hybridized carbons (Fsp3) is 0.150. The Balaban J connectivity index is 1.94. The number of halogens is 3. The Bertz CT molecular complexity index is 1100. The first-order chi connectivity index (χ1) is 14.2. The van der Waals surface area contributed by atoms with Gasteiger partial charge in [-0.3, -0.25) is 4.79 Å². The topological polar surface area (TPSA) is 88.4 Å². The number of benzene rings is 2. The average Bonchev–Trinajstić information content (AvgIpc) is 2.98. The predicted molar refractivity (Wildman–Crippen MR) is 119 cm³/mol. The van der Waals surface area contributed by atoms with E-state index in [0.29, 0.717) is 42.8 Å². The molecule has 1 aliphatic rings. The summed E-state index contributed by atoms with van der Waals surface area (Å²) >= 11 is 15.4. The minimum atomic E-state index is -1.11. The maximum Gasteiger partial charge on any atom is 0.341 e. The van der Waals surface area contributed by atoms with Gasteiger partial charge in [0.1, 0.15) is 0 Å². The Hall–Kier alpha value is -2.55. The van der Waals surface area contributed by atoms with Crippen molar-refractivity contribution in [2.24, 2.45) is 5.10 Å². The summed E-state index contributed by atoms with van der Waals surface area (Å²) in [6, 6.07) is 8.03. The Morgan fingerprint density at radius 2 is 1.97 bits per heavy atom. The molecule has 0 fully saturated rings. The molecule has 10 heteroatoms. The van der Waals surface area contributed by atoms with Crippen molar-refractivity contribution in [2.75, 3.05) is 18.7 Å². The van der Waals surface area contributed by atoms with Gasteiger partial charge in [0.05, 0.1) is 34.1 Å². The number of methoxy groups -OCH3 is 1. The number of amides is 1. The van der Waals surface area contributed by atoms with Crippen LogP contribution >= 0.6 is 39.1 Å². The third-order valence-corrected chi connectivity index (χ3v) is 5.57. The van der Waals surface area contributed by atoms with Crippen LogP contribution in [0.1, 0.15) is 12.5 Å². The first kappa shape index (κ1) is 22.1. The molecule has 0 unspecified atom stereocenters. The fourth-order valence-corrected chi connectivity index (χ4v) is 3.43. The van der Waals surface area contributed by atoms with Crippen LogP contribution in [0, 0.1) is 0 Å². The van der Waals surface area contributed by atoms with Gasteiger partial charge >= 0.3 is 5.97 Å². The van der Waals surface area contributed by atoms with Gasteiger partial charge in [0, 0.05) is 4.47 Å². The Morgan fingerprint density at radius 3 is 2.60 bits per heavy atom. The lowest BCUT2D eigenvalue weighted by molar-refractivity contribution is -0.139. The van der Waals surface area contributed by atoms with E-state index in [9.17, 15) is 9.59 Å². The average molecular weight is 514 g/mol. The van der Waals surface area contributed by atoms with Crippen LogP contribution in [0.25, 0.3) is 6.08 Å². The molecule has 0 aromatic heterocycles. The zero-order valence-electron chi connectivity index (χ0n) is 15.8. The van der Waals surface area contributed by atoms with E-state index in [-0.39, 0.29) is 11.7 Å². The number of carboxylic acids is 1. The molecule has 2 aromatic carbocycles. The minimum Gasteiger partial charge on any atom is -0.493 e. The van der Waals surface area contributed by atoms with E-state index in [1.165, 1.54) is 12.1 Å². The molecule has 0 saturated heterocycles. The summed E-state index contributed by atoms with van der Waals surface area (Å²) in [5.74, 6) is -0.852. The van der Waals surface area contributed by atoms with Crippen molar-refractivity contribution in [3.63, 3.8) is 0 Å². The molecule has 2 aromatic rings. The summed E-state index contributed by atoms with van der Waals surface area (Å²) in [7, 11) is 1.44. The van der Waals surface area contributed by atoms with Crippen LogP contribution in [-0.4, -0.2) is 36.4 Å². The van der Waals surface area contributed by atoms with Crippen LogP contribution in [0.2, 0.25) is 10.0 Å². The maximum atomic E-state index is 13.0. The highest BCUT2D eigenvalue weighted by atomic mass is 79.9. The molecule has 0 aliphatic carbocycles. The molecule has 0 atom stereocenters. The number of nitrogens with zero attached hydrogens (tertiary/aromatic N) is 2. The standard InChI is InChI=1S/C20H15BrCl2N2O5/c1-10-13(20(28)25(24-10)12-3-4-15(22)16(23)7-12)5-11-6-17(29-2)18(8-14(11)21)30-9-19(26)27/h3-8H,9H2,1-2H3,(H,26,27)/b13-5-. The number of hydrogen-bond donors (Lipinski definition) is 1. The van der Waals surface area contributed by atoms with Crippen LogP contribution in [0.3, 0.4) is 0 Å². The van der Waals surface area contributed by atoms with Gasteiger partial charge in [-0.2, -0.15) is 10.1 Å². The zero-order chi connectivity index (χ0) is 22.0. The fourth-order valence-electron chi connectivity index (χ4n) is 2.70. The molecule has 7 nitrogen and oxygen atoms in total. The number of ether oxygens (including phenoxy) is 2. The van der Waals surface area contributed by atoms with Gasteiger partial charge in [-0.15, -0.1) is 0 Å². The van der Waals surface area contributed by atoms with Crippen LogP contribution in [-0.2, 0) is 9.59 Å². The van der Waals surface area contributed by atoms with Crippen molar-refractivity contribution in [2.45, 2.75) is 6.92 Å². The van der Waals surface area contributed by atoms with E-state index < -0.39 is 12.6 Å². The number of rotatable bonds is 6. The van der Waals surface area contributed by atoms with Crippen molar-refractivity contribution in [3.05, 3.63) is 56.0 Å². The Labute approximate surface area is 190 Å². The first-order valence-corrected chi connectivity index (χ1v) is 10.0. The van der Waals surface area contributed by atoms with Crippen molar-refractivity contribution in [1.29, 1.82) is 0 Å². The van der Waals surface area contributed by atoms with Crippen molar-refractivity contribution in [3.8, 4) is 11.5 Å². The molecule has 30 heavy (non-hydrogen) atoms. The second-order valence-corrected chi connectivity index (χ2v) is 7.83. The van der Waals surface area contributed by atoms with E-state index in [4.69, 9.17) is 37.8 Å². The van der Waals surface area contributed by atoms with Gasteiger partial charge in [-0.1, -0.05) is 39.1 Å². The SMILES string of the molecule is COc1cc(/C=C2\C(=O)N(c3ccc(Cl)c(Cl)c3)N=C2C)c(Br)cc1OCC(=O)O. The number of anilines is 1. The predicted octanol–water partition coefficient (Wildman–Crippen LogP) is 5.03. The third-order valence-electron chi connectivity index (χ3n) is 4.14. The van der Waals surface area contributed by atoms with E-state index in [2.05, 4.69) is 21.0 Å². The highest BCUT2D eigenvalue weighted by molar-refractivity contribution is 9.10. The largest absolute Gasteiger partial charge is 0.493 e. The van der Waals surface area contributed by atoms with E-state index in [0.717, 1.165) is 0 Å².